The fourth-order valence-electron chi connectivity index (χ4n) is 6.15. The van der Waals surface area contributed by atoms with E-state index in [2.05, 4.69) is 0 Å². The van der Waals surface area contributed by atoms with Gasteiger partial charge in [0.05, 0.1) is 29.2 Å². The van der Waals surface area contributed by atoms with Gasteiger partial charge >= 0.3 is 5.97 Å². The third kappa shape index (κ3) is 3.18. The number of benzene rings is 1. The summed E-state index contributed by atoms with van der Waals surface area (Å²) in [7, 11) is 0. The molecule has 5 rings (SSSR count). The van der Waals surface area contributed by atoms with Crippen LogP contribution in [0.1, 0.15) is 24.5 Å². The highest BCUT2D eigenvalue weighted by atomic mass is 32.2. The summed E-state index contributed by atoms with van der Waals surface area (Å²) >= 11 is 1.52. The van der Waals surface area contributed by atoms with Crippen molar-refractivity contribution >= 4 is 35.2 Å². The molecule has 6 atom stereocenters. The van der Waals surface area contributed by atoms with Gasteiger partial charge in [0.25, 0.3) is 5.91 Å². The standard InChI is InChI=1S/C26H30N2O5S/c1-4-17(14-29)28-22-24(31)27(21-15(2)8-5-9-16(21)3)12-7-11-26(22)20(23(28)30)19-18(34-26)10-6-13-33-25(19)32/h5-11,17-20,22,29H,4,12-14H2,1-3H3/t17-,18-,19+,20-,22?,26-/m0/s1. The number of hydrogen-bond donors (Lipinski definition) is 1. The molecule has 180 valence electrons. The summed E-state index contributed by atoms with van der Waals surface area (Å²) in [5.41, 5.74) is 2.81. The molecule has 0 radical (unpaired) electrons. The number of amides is 2. The molecule has 1 aromatic carbocycles. The highest BCUT2D eigenvalue weighted by Gasteiger charge is 2.71. The summed E-state index contributed by atoms with van der Waals surface area (Å²) in [6, 6.07) is 4.59. The Kier molecular flexibility index (Phi) is 5.84. The summed E-state index contributed by atoms with van der Waals surface area (Å²) in [4.78, 5) is 44.7. The molecular formula is C26H30N2O5S. The van der Waals surface area contributed by atoms with E-state index in [1.807, 2.05) is 63.3 Å². The lowest BCUT2D eigenvalue weighted by molar-refractivity contribution is -0.152. The molecule has 2 fully saturated rings. The Balaban J connectivity index is 1.68. The number of hydrogen-bond acceptors (Lipinski definition) is 6. The number of rotatable bonds is 4. The minimum Gasteiger partial charge on any atom is -0.461 e. The lowest BCUT2D eigenvalue weighted by atomic mass is 9.78. The van der Waals surface area contributed by atoms with E-state index >= 15 is 0 Å². The van der Waals surface area contributed by atoms with Crippen molar-refractivity contribution in [2.45, 2.75) is 49.3 Å². The number of carbonyl (C=O) groups is 3. The van der Waals surface area contributed by atoms with Crippen molar-refractivity contribution < 1.29 is 24.2 Å². The van der Waals surface area contributed by atoms with Gasteiger partial charge in [-0.15, -0.1) is 11.8 Å². The third-order valence-electron chi connectivity index (χ3n) is 7.64. The van der Waals surface area contributed by atoms with Crippen molar-refractivity contribution in [2.24, 2.45) is 11.8 Å². The highest BCUT2D eigenvalue weighted by molar-refractivity contribution is 8.02. The van der Waals surface area contributed by atoms with E-state index in [0.717, 1.165) is 16.8 Å². The molecule has 2 saturated heterocycles. The molecule has 0 bridgehead atoms. The molecule has 4 aliphatic heterocycles. The number of ether oxygens (including phenoxy) is 1. The van der Waals surface area contributed by atoms with Crippen molar-refractivity contribution in [1.82, 2.24) is 4.90 Å². The zero-order valence-corrected chi connectivity index (χ0v) is 20.5. The Bertz CT molecular complexity index is 1080. The SMILES string of the molecule is CC[C@@H](CO)N1C(=O)[C@@H]2[C@@H]3C(=O)OCC=C[C@@H]3S[C@@]23C=CCN(c2c(C)cccc2C)C(=O)C13. The number of nitrogens with zero attached hydrogens (tertiary/aromatic N) is 2. The number of esters is 1. The number of aliphatic hydroxyl groups is 1. The summed E-state index contributed by atoms with van der Waals surface area (Å²) in [6.07, 6.45) is 8.21. The van der Waals surface area contributed by atoms with E-state index in [9.17, 15) is 19.5 Å². The van der Waals surface area contributed by atoms with E-state index in [1.54, 1.807) is 9.80 Å². The molecule has 1 spiro atoms. The first-order valence-corrected chi connectivity index (χ1v) is 12.7. The first-order chi connectivity index (χ1) is 16.4. The zero-order chi connectivity index (χ0) is 24.2. The maximum atomic E-state index is 14.4. The Labute approximate surface area is 203 Å². The molecule has 0 aliphatic carbocycles. The molecule has 2 amide bonds. The van der Waals surface area contributed by atoms with Crippen LogP contribution >= 0.6 is 11.8 Å². The molecule has 34 heavy (non-hydrogen) atoms. The van der Waals surface area contributed by atoms with Crippen molar-refractivity contribution in [3.63, 3.8) is 0 Å². The largest absolute Gasteiger partial charge is 0.461 e. The summed E-state index contributed by atoms with van der Waals surface area (Å²) in [5, 5.41) is 9.92. The van der Waals surface area contributed by atoms with Gasteiger partial charge < -0.3 is 19.6 Å². The fourth-order valence-corrected chi connectivity index (χ4v) is 8.14. The Morgan fingerprint density at radius 1 is 1.18 bits per heavy atom. The number of likely N-dealkylation sites (tertiary alicyclic amines) is 1. The molecule has 1 unspecified atom stereocenters. The molecule has 1 aromatic rings. The number of cyclic esters (lactones) is 1. The van der Waals surface area contributed by atoms with Crippen LogP contribution in [0, 0.1) is 25.7 Å². The molecule has 8 heteroatoms. The maximum Gasteiger partial charge on any atom is 0.311 e. The number of para-hydroxylation sites is 1. The minimum atomic E-state index is -0.905. The zero-order valence-electron chi connectivity index (χ0n) is 19.6. The molecule has 4 aliphatic rings. The summed E-state index contributed by atoms with van der Waals surface area (Å²) in [6.45, 7) is 6.18. The number of aryl methyl sites for hydroxylation is 2. The van der Waals surface area contributed by atoms with E-state index in [4.69, 9.17) is 4.74 Å². The predicted molar refractivity (Wildman–Crippen MR) is 130 cm³/mol. The van der Waals surface area contributed by atoms with Crippen LogP contribution < -0.4 is 4.90 Å². The van der Waals surface area contributed by atoms with Gasteiger partial charge in [0, 0.05) is 17.5 Å². The van der Waals surface area contributed by atoms with Gasteiger partial charge in [-0.1, -0.05) is 49.4 Å². The first-order valence-electron chi connectivity index (χ1n) is 11.8. The van der Waals surface area contributed by atoms with Gasteiger partial charge in [0.1, 0.15) is 12.6 Å². The van der Waals surface area contributed by atoms with Crippen LogP contribution in [0.4, 0.5) is 5.69 Å². The molecule has 0 saturated carbocycles. The second-order valence-electron chi connectivity index (χ2n) is 9.48. The van der Waals surface area contributed by atoms with Crippen molar-refractivity contribution in [2.75, 3.05) is 24.7 Å². The van der Waals surface area contributed by atoms with Crippen LogP contribution in [0.25, 0.3) is 0 Å². The lowest BCUT2D eigenvalue weighted by Gasteiger charge is -2.38. The highest BCUT2D eigenvalue weighted by Crippen LogP contribution is 2.61. The van der Waals surface area contributed by atoms with Crippen LogP contribution in [0.15, 0.2) is 42.5 Å². The van der Waals surface area contributed by atoms with E-state index in [0.29, 0.717) is 13.0 Å². The van der Waals surface area contributed by atoms with E-state index in [-0.39, 0.29) is 30.3 Å². The summed E-state index contributed by atoms with van der Waals surface area (Å²) in [5.74, 6) is -2.20. The van der Waals surface area contributed by atoms with Gasteiger partial charge in [-0.2, -0.15) is 0 Å². The Morgan fingerprint density at radius 2 is 1.91 bits per heavy atom. The van der Waals surface area contributed by atoms with Crippen LogP contribution in [-0.4, -0.2) is 69.6 Å². The van der Waals surface area contributed by atoms with Crippen LogP contribution in [-0.2, 0) is 19.1 Å². The first kappa shape index (κ1) is 23.2. The number of fused-ring (bicyclic) bond motifs is 2. The van der Waals surface area contributed by atoms with Crippen LogP contribution in [0.2, 0.25) is 0 Å². The van der Waals surface area contributed by atoms with Gasteiger partial charge in [0.2, 0.25) is 5.91 Å². The number of aliphatic hydroxyl groups excluding tert-OH is 1. The average molecular weight is 483 g/mol. The van der Waals surface area contributed by atoms with E-state index < -0.39 is 34.6 Å². The Morgan fingerprint density at radius 3 is 2.59 bits per heavy atom. The third-order valence-corrected chi connectivity index (χ3v) is 9.38. The van der Waals surface area contributed by atoms with Gasteiger partial charge in [-0.05, 0) is 31.4 Å². The van der Waals surface area contributed by atoms with Crippen LogP contribution in [0.3, 0.4) is 0 Å². The lowest BCUT2D eigenvalue weighted by Crippen LogP contribution is -2.56. The molecule has 0 aromatic heterocycles. The fraction of sp³-hybridized carbons (Fsp3) is 0.500. The van der Waals surface area contributed by atoms with Gasteiger partial charge in [-0.25, -0.2) is 0 Å². The number of carbonyl (C=O) groups excluding carboxylic acids is 3. The normalized spacial score (nSPS) is 33.2. The monoisotopic (exact) mass is 482 g/mol. The van der Waals surface area contributed by atoms with Crippen LogP contribution in [0.5, 0.6) is 0 Å². The van der Waals surface area contributed by atoms with Crippen molar-refractivity contribution in [1.29, 1.82) is 0 Å². The molecule has 4 heterocycles. The van der Waals surface area contributed by atoms with Gasteiger partial charge in [-0.3, -0.25) is 14.4 Å². The van der Waals surface area contributed by atoms with Crippen molar-refractivity contribution in [3.8, 4) is 0 Å². The summed E-state index contributed by atoms with van der Waals surface area (Å²) < 4.78 is 4.49. The Hall–Kier alpha value is -2.58. The predicted octanol–water partition coefficient (Wildman–Crippen LogP) is 2.39. The minimum absolute atomic E-state index is 0.175. The van der Waals surface area contributed by atoms with Gasteiger partial charge in [0.15, 0.2) is 0 Å². The quantitative estimate of drug-likeness (QED) is 0.524. The topological polar surface area (TPSA) is 87.2 Å². The molecule has 7 nitrogen and oxygen atoms in total. The second-order valence-corrected chi connectivity index (χ2v) is 11.0. The average Bonchev–Trinajstić information content (AvgIpc) is 3.11. The maximum absolute atomic E-state index is 14.4. The van der Waals surface area contributed by atoms with Crippen molar-refractivity contribution in [3.05, 3.63) is 53.6 Å². The number of thioether (sulfide) groups is 1. The smallest absolute Gasteiger partial charge is 0.311 e. The molecular weight excluding hydrogens is 452 g/mol. The van der Waals surface area contributed by atoms with E-state index in [1.165, 1.54) is 11.8 Å². The number of anilines is 1. The molecule has 1 N–H and O–H groups in total. The second kappa shape index (κ2) is 8.57.